The zero-order chi connectivity index (χ0) is 39.4. The topological polar surface area (TPSA) is 347 Å². The molecule has 59 heavy (non-hydrogen) atoms. The first kappa shape index (κ1) is 57.0. The van der Waals surface area contributed by atoms with Gasteiger partial charge in [0.1, 0.15) is 30.4 Å². The molecule has 21 nitrogen and oxygen atoms in total. The van der Waals surface area contributed by atoms with E-state index < -0.39 is 104 Å². The maximum absolute atomic E-state index is 14.4. The van der Waals surface area contributed by atoms with Crippen molar-refractivity contribution < 1.29 is 194 Å². The van der Waals surface area contributed by atoms with Crippen molar-refractivity contribution in [3.8, 4) is 5.75 Å². The smallest absolute Gasteiger partial charge is 0.870 e. The number of nitrogens with zero attached hydrogens (tertiary/aromatic N) is 7. The molecule has 0 amide bonds. The third kappa shape index (κ3) is 16.0. The predicted molar refractivity (Wildman–Crippen MR) is 171 cm³/mol. The van der Waals surface area contributed by atoms with Crippen molar-refractivity contribution in [1.82, 2.24) is 15.0 Å². The van der Waals surface area contributed by atoms with Crippen LogP contribution in [0.15, 0.2) is 120 Å². The number of anilines is 4. The second-order valence-corrected chi connectivity index (χ2v) is 14.4. The van der Waals surface area contributed by atoms with E-state index in [4.69, 9.17) is 0 Å². The molecule has 0 atom stereocenters. The van der Waals surface area contributed by atoms with Gasteiger partial charge in [0.05, 0.1) is 38.2 Å². The standard InChI is InChI=1S/C29H21FN9O12S3.Cu.4Na/c30-27-33-28(31-16-7-4-8-17(11-16)52(43,44)45)35-29(34-27)32-22-13-19(54(49,50)51)14-23(24(22)40)37-39-25(15-5-2-1-3-6-15)38-36-21-12-18(53(46,47)48)9-10-20(21)26(41)42;;;;;/h1-14,40H,(H,41,42)(H,43,44,45)(H,46,47,48)(H,49,50,51)(H2,31,32,33,34,35);;;;;/q-1;+2;4*+1/p-5. The molecule has 5 aromatic rings. The van der Waals surface area contributed by atoms with Crippen molar-refractivity contribution in [2.45, 2.75) is 14.7 Å². The first-order valence-electron chi connectivity index (χ1n) is 14.2. The number of carboxylic acid groups (broad SMARTS) is 1. The summed E-state index contributed by atoms with van der Waals surface area (Å²) in [6, 6.07) is 14.8. The first-order valence-corrected chi connectivity index (χ1v) is 18.4. The summed E-state index contributed by atoms with van der Waals surface area (Å²) in [5, 5.41) is 44.6. The van der Waals surface area contributed by atoms with Gasteiger partial charge in [0, 0.05) is 16.9 Å². The van der Waals surface area contributed by atoms with E-state index in [1.165, 1.54) is 36.4 Å². The molecule has 0 aliphatic heterocycles. The molecule has 0 fully saturated rings. The number of hydrogen-bond donors (Lipinski definition) is 2. The molecule has 0 bridgehead atoms. The molecule has 5 rings (SSSR count). The Labute approximate surface area is 433 Å². The summed E-state index contributed by atoms with van der Waals surface area (Å²) in [7, 11) is -15.3. The number of rotatable bonds is 13. The second-order valence-electron chi connectivity index (χ2n) is 10.3. The summed E-state index contributed by atoms with van der Waals surface area (Å²) in [5.74, 6) is -4.32. The van der Waals surface area contributed by atoms with Crippen LogP contribution in [0, 0.1) is 12.2 Å². The predicted octanol–water partition coefficient (Wildman–Crippen LogP) is -9.93. The molecule has 0 spiro atoms. The van der Waals surface area contributed by atoms with Gasteiger partial charge < -0.3 is 39.3 Å². The van der Waals surface area contributed by atoms with E-state index in [1.807, 2.05) is 0 Å². The third-order valence-electron chi connectivity index (χ3n) is 6.58. The van der Waals surface area contributed by atoms with Crippen LogP contribution in [0.4, 0.5) is 39.0 Å². The number of halogens is 1. The molecule has 2 N–H and O–H groups in total. The molecule has 4 aromatic carbocycles. The van der Waals surface area contributed by atoms with Crippen LogP contribution in [0.3, 0.4) is 0 Å². The quantitative estimate of drug-likeness (QED) is 0.0479. The monoisotopic (exact) mass is 952 g/mol. The number of azo groups is 2. The van der Waals surface area contributed by atoms with Crippen LogP contribution in [0.25, 0.3) is 0 Å². The van der Waals surface area contributed by atoms with E-state index in [9.17, 15) is 58.3 Å². The van der Waals surface area contributed by atoms with E-state index in [0.29, 0.717) is 24.3 Å². The molecular weight excluding hydrogens is 937 g/mol. The van der Waals surface area contributed by atoms with Crippen LogP contribution >= 0.6 is 0 Å². The minimum atomic E-state index is -5.33. The summed E-state index contributed by atoms with van der Waals surface area (Å²) < 4.78 is 119. The number of carboxylic acids is 1. The zero-order valence-electron chi connectivity index (χ0n) is 30.5. The van der Waals surface area contributed by atoms with Crippen molar-refractivity contribution >= 4 is 71.0 Å². The minimum Gasteiger partial charge on any atom is -0.870 e. The van der Waals surface area contributed by atoms with Gasteiger partial charge in [-0.2, -0.15) is 51.9 Å². The van der Waals surface area contributed by atoms with Crippen molar-refractivity contribution in [1.29, 1.82) is 0 Å². The Morgan fingerprint density at radius 3 is 1.73 bits per heavy atom. The number of benzene rings is 4. The van der Waals surface area contributed by atoms with Crippen molar-refractivity contribution in [3.63, 3.8) is 0 Å². The molecule has 1 heterocycles. The summed E-state index contributed by atoms with van der Waals surface area (Å²) in [4.78, 5) is 19.6. The van der Waals surface area contributed by atoms with Crippen LogP contribution < -0.4 is 139 Å². The number of nitrogens with one attached hydrogen (secondary N) is 2. The summed E-state index contributed by atoms with van der Waals surface area (Å²) >= 11 is 0. The Bertz CT molecular complexity index is 2700. The van der Waals surface area contributed by atoms with E-state index >= 15 is 0 Å². The molecule has 0 unspecified atom stereocenters. The van der Waals surface area contributed by atoms with Crippen molar-refractivity contribution in [2.24, 2.45) is 20.5 Å². The Morgan fingerprint density at radius 2 is 1.17 bits per heavy atom. The molecule has 1 aromatic heterocycles. The van der Waals surface area contributed by atoms with Gasteiger partial charge in [-0.3, -0.25) is 0 Å². The zero-order valence-corrected chi connectivity index (χ0v) is 41.9. The van der Waals surface area contributed by atoms with Gasteiger partial charge in [0.15, 0.2) is 0 Å². The van der Waals surface area contributed by atoms with E-state index in [1.54, 1.807) is 6.07 Å². The van der Waals surface area contributed by atoms with E-state index in [2.05, 4.69) is 46.0 Å². The Kier molecular flexibility index (Phi) is 23.2. The van der Waals surface area contributed by atoms with Gasteiger partial charge in [-0.1, -0.05) is 17.9 Å². The first-order chi connectivity index (χ1) is 25.3. The molecule has 0 aliphatic rings. The largest absolute Gasteiger partial charge is 2.00 e. The average Bonchev–Trinajstić information content (AvgIpc) is 3.08. The fraction of sp³-hybridized carbons (Fsp3) is 0. The van der Waals surface area contributed by atoms with Gasteiger partial charge in [0.25, 0.3) is 0 Å². The number of aromatic nitrogens is 3. The van der Waals surface area contributed by atoms with E-state index in [0.717, 1.165) is 18.2 Å². The van der Waals surface area contributed by atoms with Crippen LogP contribution in [-0.2, 0) is 47.4 Å². The Balaban J connectivity index is 0.00000673. The number of aromatic carboxylic acids is 1. The molecule has 0 saturated carbocycles. The van der Waals surface area contributed by atoms with Crippen LogP contribution in [0.2, 0.25) is 0 Å². The summed E-state index contributed by atoms with van der Waals surface area (Å²) in [5.41, 5.74) is -2.92. The summed E-state index contributed by atoms with van der Waals surface area (Å²) in [6.45, 7) is 0. The van der Waals surface area contributed by atoms with Gasteiger partial charge in [0.2, 0.25) is 11.9 Å². The molecule has 289 valence electrons. The van der Waals surface area contributed by atoms with Gasteiger partial charge in [-0.05, 0) is 48.5 Å². The third-order valence-corrected chi connectivity index (χ3v) is 9.06. The SMILES string of the molecule is O=C([O-])c1ccc(S(=O)(=O)[O-])cc1N=N[C-](N=Nc1cc(S(=O)(=O)[O-])cc(Nc2nc(F)nc(Nc3cccc(S(=O)(=O)[O-])c3)n2)c1[O-])c1ccccc1.[Cu+2].[Na+].[Na+].[Na+].[Na+]. The molecule has 1 radical (unpaired) electrons. The van der Waals surface area contributed by atoms with Crippen molar-refractivity contribution in [2.75, 3.05) is 10.6 Å². The van der Waals surface area contributed by atoms with Gasteiger partial charge in [-0.25, -0.2) is 25.3 Å². The second kappa shape index (κ2) is 24.0. The van der Waals surface area contributed by atoms with Crippen molar-refractivity contribution in [3.05, 3.63) is 108 Å². The number of hydrogen-bond acceptors (Lipinski definition) is 21. The molecule has 0 saturated heterocycles. The van der Waals surface area contributed by atoms with Gasteiger partial charge in [-0.15, -0.1) is 17.7 Å². The molecule has 30 heteroatoms. The molecular formula is C29H16CuFN9Na4O12S3. The van der Waals surface area contributed by atoms with Crippen LogP contribution in [-0.4, -0.2) is 59.8 Å². The Hall–Kier alpha value is -1.99. The fourth-order valence-electron chi connectivity index (χ4n) is 4.19. The molecule has 0 aliphatic carbocycles. The fourth-order valence-corrected chi connectivity index (χ4v) is 5.71. The maximum Gasteiger partial charge on any atom is 2.00 e. The van der Waals surface area contributed by atoms with Crippen LogP contribution in [0.1, 0.15) is 15.9 Å². The van der Waals surface area contributed by atoms with Gasteiger partial charge >= 0.3 is 141 Å². The normalized spacial score (nSPS) is 11.2. The average molecular weight is 953 g/mol. The minimum absolute atomic E-state index is 0. The number of carbonyl (C=O) groups excluding carboxylic acids is 1. The maximum atomic E-state index is 14.4. The van der Waals surface area contributed by atoms with E-state index in [-0.39, 0.29) is 147 Å². The van der Waals surface area contributed by atoms with Crippen LogP contribution in [0.5, 0.6) is 5.75 Å². The Morgan fingerprint density at radius 1 is 0.644 bits per heavy atom. The summed E-state index contributed by atoms with van der Waals surface area (Å²) in [6.07, 6.45) is -1.96. The number of carbonyl (C=O) groups is 1.